The predicted octanol–water partition coefficient (Wildman–Crippen LogP) is 1.84. The van der Waals surface area contributed by atoms with Gasteiger partial charge < -0.3 is 15.2 Å². The molecule has 1 aromatic heterocycles. The number of benzene rings is 1. The number of aromatic amines is 1. The number of aromatic nitrogens is 2. The van der Waals surface area contributed by atoms with Crippen LogP contribution in [0.5, 0.6) is 0 Å². The smallest absolute Gasteiger partial charge is 0.260 e. The van der Waals surface area contributed by atoms with E-state index in [0.29, 0.717) is 25.9 Å². The third-order valence-corrected chi connectivity index (χ3v) is 7.04. The van der Waals surface area contributed by atoms with E-state index in [9.17, 15) is 13.2 Å². The maximum Gasteiger partial charge on any atom is 0.260 e. The third-order valence-electron chi connectivity index (χ3n) is 5.25. The second-order valence-corrected chi connectivity index (χ2v) is 9.08. The normalized spacial score (nSPS) is 17.8. The van der Waals surface area contributed by atoms with Crippen molar-refractivity contribution in [3.05, 3.63) is 42.9 Å². The van der Waals surface area contributed by atoms with E-state index in [-0.39, 0.29) is 23.4 Å². The van der Waals surface area contributed by atoms with Crippen molar-refractivity contribution in [3.63, 3.8) is 0 Å². The third kappa shape index (κ3) is 5.36. The molecule has 0 saturated carbocycles. The van der Waals surface area contributed by atoms with Gasteiger partial charge in [0.2, 0.25) is 5.91 Å². The quantitative estimate of drug-likeness (QED) is 0.605. The topological polar surface area (TPSA) is 98.4 Å². The van der Waals surface area contributed by atoms with E-state index in [1.165, 1.54) is 22.5 Å². The van der Waals surface area contributed by atoms with Crippen LogP contribution in [0.4, 0.5) is 5.69 Å². The number of hydrogen-bond acceptors (Lipinski definition) is 5. The molecule has 2 aromatic rings. The van der Waals surface area contributed by atoms with Gasteiger partial charge in [0.1, 0.15) is 0 Å². The molecule has 8 nitrogen and oxygen atoms in total. The van der Waals surface area contributed by atoms with Crippen LogP contribution in [0.15, 0.2) is 47.9 Å². The monoisotopic (exact) mass is 419 g/mol. The fourth-order valence-electron chi connectivity index (χ4n) is 3.63. The Labute approximate surface area is 172 Å². The van der Waals surface area contributed by atoms with Gasteiger partial charge in [-0.15, -0.1) is 0 Å². The van der Waals surface area contributed by atoms with Gasteiger partial charge in [-0.2, -0.15) is 4.31 Å². The molecule has 9 heteroatoms. The van der Waals surface area contributed by atoms with Crippen LogP contribution in [0.3, 0.4) is 0 Å². The summed E-state index contributed by atoms with van der Waals surface area (Å²) in [6.45, 7) is 5.08. The average molecular weight is 420 g/mol. The predicted molar refractivity (Wildman–Crippen MR) is 112 cm³/mol. The fraction of sp³-hybridized carbons (Fsp3) is 0.500. The van der Waals surface area contributed by atoms with Gasteiger partial charge >= 0.3 is 0 Å². The molecule has 1 aliphatic heterocycles. The molecule has 1 saturated heterocycles. The van der Waals surface area contributed by atoms with Crippen LogP contribution in [-0.2, 0) is 14.8 Å². The first-order chi connectivity index (χ1) is 14.0. The van der Waals surface area contributed by atoms with Crippen LogP contribution in [-0.4, -0.2) is 61.3 Å². The van der Waals surface area contributed by atoms with Gasteiger partial charge in [0.05, 0.1) is 18.4 Å². The van der Waals surface area contributed by atoms with Crippen molar-refractivity contribution in [1.82, 2.24) is 19.6 Å². The maximum absolute atomic E-state index is 12.6. The van der Waals surface area contributed by atoms with Gasteiger partial charge in [0.15, 0.2) is 5.03 Å². The Balaban J connectivity index is 1.47. The summed E-state index contributed by atoms with van der Waals surface area (Å²) in [5, 5.41) is 3.05. The van der Waals surface area contributed by atoms with Gasteiger partial charge in [0.25, 0.3) is 10.0 Å². The molecule has 0 unspecified atom stereocenters. The standard InChI is InChI=1S/C20H29N5O3S/c1-2-24(18-9-4-3-5-10-18)12-7-11-22-20(26)17-8-6-13-25(15-17)29(27,28)19-14-21-16-23-19/h3-5,9-10,14,16-17H,2,6-8,11-13,15H2,1H3,(H,21,23)(H,22,26)/t17-/m0/s1. The highest BCUT2D eigenvalue weighted by Crippen LogP contribution is 2.22. The number of carbonyl (C=O) groups is 1. The zero-order chi connectivity index (χ0) is 20.7. The molecular weight excluding hydrogens is 390 g/mol. The highest BCUT2D eigenvalue weighted by atomic mass is 32.2. The van der Waals surface area contributed by atoms with Crippen LogP contribution in [0.1, 0.15) is 26.2 Å². The highest BCUT2D eigenvalue weighted by molar-refractivity contribution is 7.89. The minimum Gasteiger partial charge on any atom is -0.372 e. The van der Waals surface area contributed by atoms with Crippen molar-refractivity contribution in [2.45, 2.75) is 31.2 Å². The van der Waals surface area contributed by atoms with Crippen LogP contribution < -0.4 is 10.2 Å². The molecule has 1 amide bonds. The Bertz CT molecular complexity index is 871. The molecule has 2 heterocycles. The number of anilines is 1. The van der Waals surface area contributed by atoms with Crippen molar-refractivity contribution < 1.29 is 13.2 Å². The summed E-state index contributed by atoms with van der Waals surface area (Å²) in [5.41, 5.74) is 1.17. The number of para-hydroxylation sites is 1. The summed E-state index contributed by atoms with van der Waals surface area (Å²) in [7, 11) is -3.63. The lowest BCUT2D eigenvalue weighted by Gasteiger charge is -2.30. The number of imidazole rings is 1. The first-order valence-electron chi connectivity index (χ1n) is 10.1. The number of amides is 1. The number of carbonyl (C=O) groups excluding carboxylic acids is 1. The second-order valence-electron chi connectivity index (χ2n) is 7.18. The summed E-state index contributed by atoms with van der Waals surface area (Å²) in [6.07, 6.45) is 4.84. The summed E-state index contributed by atoms with van der Waals surface area (Å²) in [4.78, 5) is 21.3. The number of rotatable bonds is 9. The maximum atomic E-state index is 12.6. The Morgan fingerprint density at radius 2 is 2.14 bits per heavy atom. The zero-order valence-corrected chi connectivity index (χ0v) is 17.6. The molecule has 29 heavy (non-hydrogen) atoms. The number of nitrogens with zero attached hydrogens (tertiary/aromatic N) is 3. The lowest BCUT2D eigenvalue weighted by Crippen LogP contribution is -2.45. The molecule has 0 spiro atoms. The van der Waals surface area contributed by atoms with Crippen molar-refractivity contribution in [1.29, 1.82) is 0 Å². The van der Waals surface area contributed by atoms with Crippen molar-refractivity contribution in [2.75, 3.05) is 37.6 Å². The van der Waals surface area contributed by atoms with Crippen molar-refractivity contribution in [2.24, 2.45) is 5.92 Å². The molecule has 1 aliphatic rings. The minimum atomic E-state index is -3.63. The molecule has 158 valence electrons. The Morgan fingerprint density at radius 1 is 1.34 bits per heavy atom. The lowest BCUT2D eigenvalue weighted by atomic mass is 9.99. The SMILES string of the molecule is CCN(CCCNC(=O)[C@H]1CCCN(S(=O)(=O)c2cnc[nH]2)C1)c1ccccc1. The van der Waals surface area contributed by atoms with Gasteiger partial charge in [-0.25, -0.2) is 13.4 Å². The van der Waals surface area contributed by atoms with E-state index in [0.717, 1.165) is 19.5 Å². The molecule has 1 aromatic carbocycles. The van der Waals surface area contributed by atoms with Gasteiger partial charge in [-0.05, 0) is 38.3 Å². The lowest BCUT2D eigenvalue weighted by molar-refractivity contribution is -0.126. The molecule has 0 bridgehead atoms. The Morgan fingerprint density at radius 3 is 2.83 bits per heavy atom. The second kappa shape index (κ2) is 9.89. The van der Waals surface area contributed by atoms with Crippen molar-refractivity contribution in [3.8, 4) is 0 Å². The number of H-pyrrole nitrogens is 1. The molecule has 0 radical (unpaired) electrons. The van der Waals surface area contributed by atoms with E-state index in [4.69, 9.17) is 0 Å². The molecular formula is C20H29N5O3S. The van der Waals surface area contributed by atoms with Crippen molar-refractivity contribution >= 4 is 21.6 Å². The number of piperidine rings is 1. The fourth-order valence-corrected chi connectivity index (χ4v) is 5.05. The van der Waals surface area contributed by atoms with Crippen LogP contribution >= 0.6 is 0 Å². The zero-order valence-electron chi connectivity index (χ0n) is 16.8. The highest BCUT2D eigenvalue weighted by Gasteiger charge is 2.33. The van der Waals surface area contributed by atoms with Gasteiger partial charge in [-0.1, -0.05) is 18.2 Å². The van der Waals surface area contributed by atoms with E-state index >= 15 is 0 Å². The summed E-state index contributed by atoms with van der Waals surface area (Å²) >= 11 is 0. The Kier molecular flexibility index (Phi) is 7.27. The average Bonchev–Trinajstić information content (AvgIpc) is 3.30. The minimum absolute atomic E-state index is 0.0686. The van der Waals surface area contributed by atoms with E-state index < -0.39 is 10.0 Å². The number of hydrogen-bond donors (Lipinski definition) is 2. The molecule has 2 N–H and O–H groups in total. The van der Waals surface area contributed by atoms with E-state index in [2.05, 4.69) is 39.2 Å². The van der Waals surface area contributed by atoms with Gasteiger partial charge in [0, 0.05) is 38.4 Å². The van der Waals surface area contributed by atoms with E-state index in [1.54, 1.807) is 0 Å². The van der Waals surface area contributed by atoms with Gasteiger partial charge in [-0.3, -0.25) is 4.79 Å². The van der Waals surface area contributed by atoms with Crippen LogP contribution in [0.25, 0.3) is 0 Å². The first-order valence-corrected chi connectivity index (χ1v) is 11.5. The van der Waals surface area contributed by atoms with E-state index in [1.807, 2.05) is 18.2 Å². The molecule has 1 fully saturated rings. The summed E-state index contributed by atoms with van der Waals surface area (Å²) < 4.78 is 26.7. The largest absolute Gasteiger partial charge is 0.372 e. The molecule has 1 atom stereocenters. The van der Waals surface area contributed by atoms with Crippen LogP contribution in [0, 0.1) is 5.92 Å². The molecule has 3 rings (SSSR count). The number of sulfonamides is 1. The van der Waals surface area contributed by atoms with Crippen LogP contribution in [0.2, 0.25) is 0 Å². The number of nitrogens with one attached hydrogen (secondary N) is 2. The summed E-state index contributed by atoms with van der Waals surface area (Å²) in [5.74, 6) is -0.393. The molecule has 0 aliphatic carbocycles. The first kappa shape index (κ1) is 21.3. The Hall–Kier alpha value is -2.39. The summed E-state index contributed by atoms with van der Waals surface area (Å²) in [6, 6.07) is 10.2.